The Morgan fingerprint density at radius 1 is 0.774 bits per heavy atom. The van der Waals surface area contributed by atoms with Gasteiger partial charge in [-0.25, -0.2) is 0 Å². The fourth-order valence-electron chi connectivity index (χ4n) is 6.17. The van der Waals surface area contributed by atoms with Gasteiger partial charge in [-0.1, -0.05) is 74.5 Å². The number of nitrogens with two attached hydrogens (primary N) is 3. The van der Waals surface area contributed by atoms with E-state index in [9.17, 15) is 33.9 Å². The summed E-state index contributed by atoms with van der Waals surface area (Å²) < 4.78 is 0. The van der Waals surface area contributed by atoms with Gasteiger partial charge in [0.15, 0.2) is 0 Å². The highest BCUT2D eigenvalue weighted by atomic mass is 16.4. The number of carboxylic acids is 1. The Kier molecular flexibility index (Phi) is 16.9. The maximum absolute atomic E-state index is 14.0. The molecular formula is C38H56N8O7. The zero-order chi connectivity index (χ0) is 39.0. The predicted octanol–water partition coefficient (Wildman–Crippen LogP) is -0.0507. The lowest BCUT2D eigenvalue weighted by molar-refractivity contribution is -0.148. The Morgan fingerprint density at radius 2 is 1.30 bits per heavy atom. The number of likely N-dealkylation sites (tertiary alicyclic amines) is 1. The molecule has 5 amide bonds. The van der Waals surface area contributed by atoms with Gasteiger partial charge in [-0.3, -0.25) is 28.8 Å². The number of primary amides is 1. The number of nitrogens with one attached hydrogen (secondary N) is 4. The Morgan fingerprint density at radius 3 is 1.85 bits per heavy atom. The number of nitrogens with zero attached hydrogens (tertiary/aromatic N) is 1. The van der Waals surface area contributed by atoms with E-state index in [1.54, 1.807) is 0 Å². The molecule has 4 unspecified atom stereocenters. The number of aliphatic carboxylic acids is 1. The van der Waals surface area contributed by atoms with Gasteiger partial charge in [0.05, 0.1) is 12.6 Å². The minimum Gasteiger partial charge on any atom is -0.480 e. The van der Waals surface area contributed by atoms with E-state index in [2.05, 4.69) is 21.3 Å². The molecule has 15 heteroatoms. The van der Waals surface area contributed by atoms with Crippen molar-refractivity contribution in [3.05, 3.63) is 71.8 Å². The number of carboxylic acid groups (broad SMARTS) is 1. The van der Waals surface area contributed by atoms with E-state index in [-0.39, 0.29) is 70.0 Å². The van der Waals surface area contributed by atoms with Gasteiger partial charge in [0.25, 0.3) is 0 Å². The Bertz CT molecular complexity index is 1520. The summed E-state index contributed by atoms with van der Waals surface area (Å²) in [6, 6.07) is 14.4. The molecule has 290 valence electrons. The van der Waals surface area contributed by atoms with Crippen LogP contribution in [0.3, 0.4) is 0 Å². The van der Waals surface area contributed by atoms with Crippen molar-refractivity contribution in [1.29, 1.82) is 0 Å². The van der Waals surface area contributed by atoms with Crippen LogP contribution in [0.2, 0.25) is 0 Å². The summed E-state index contributed by atoms with van der Waals surface area (Å²) in [6.07, 6.45) is 2.10. The third-order valence-corrected chi connectivity index (χ3v) is 9.29. The third-order valence-electron chi connectivity index (χ3n) is 9.29. The van der Waals surface area contributed by atoms with Gasteiger partial charge in [-0.15, -0.1) is 0 Å². The number of amides is 5. The topological polar surface area (TPSA) is 252 Å². The Hall–Kier alpha value is -4.86. The molecule has 4 atom stereocenters. The van der Waals surface area contributed by atoms with Crippen molar-refractivity contribution in [2.75, 3.05) is 26.2 Å². The summed E-state index contributed by atoms with van der Waals surface area (Å²) in [5.74, 6) is -3.71. The maximum atomic E-state index is 14.0. The van der Waals surface area contributed by atoms with E-state index in [0.29, 0.717) is 19.4 Å². The first kappa shape index (κ1) is 42.6. The standard InChI is InChI=1S/C38H56N8O7/c1-25(2)21-30(45-35(50)31(23-27-13-7-4-8-14-27)44-33(48)28(39)22-26-11-5-3-6-12-26)34(49)43-29(15-9-10-18-42-24-32(40)47)36(51)46-19-16-38(41,17-20-46)37(52)53/h3-8,11-14,25,28-31,42H,9-10,15-24,39,41H2,1-2H3,(H2,40,47)(H,43,49)(H,44,48)(H,45,50)(H,52,53). The molecule has 3 rings (SSSR count). The van der Waals surface area contributed by atoms with Crippen molar-refractivity contribution in [3.8, 4) is 0 Å². The second kappa shape index (κ2) is 21.0. The zero-order valence-electron chi connectivity index (χ0n) is 30.7. The van der Waals surface area contributed by atoms with Crippen LogP contribution in [-0.4, -0.2) is 101 Å². The maximum Gasteiger partial charge on any atom is 0.323 e. The molecule has 1 heterocycles. The summed E-state index contributed by atoms with van der Waals surface area (Å²) in [5, 5.41) is 21.0. The first-order chi connectivity index (χ1) is 25.2. The molecular weight excluding hydrogens is 680 g/mol. The number of piperidine rings is 1. The largest absolute Gasteiger partial charge is 0.480 e. The van der Waals surface area contributed by atoms with Crippen LogP contribution in [0.15, 0.2) is 60.7 Å². The lowest BCUT2D eigenvalue weighted by atomic mass is 9.88. The molecule has 1 fully saturated rings. The predicted molar refractivity (Wildman–Crippen MR) is 200 cm³/mol. The van der Waals surface area contributed by atoms with E-state index >= 15 is 0 Å². The van der Waals surface area contributed by atoms with Crippen LogP contribution in [0.25, 0.3) is 0 Å². The lowest BCUT2D eigenvalue weighted by Crippen LogP contribution is -2.60. The molecule has 0 saturated carbocycles. The highest BCUT2D eigenvalue weighted by Gasteiger charge is 2.40. The van der Waals surface area contributed by atoms with Gasteiger partial charge < -0.3 is 48.5 Å². The van der Waals surface area contributed by atoms with Crippen LogP contribution in [0.1, 0.15) is 63.5 Å². The highest BCUT2D eigenvalue weighted by molar-refractivity contribution is 5.95. The smallest absolute Gasteiger partial charge is 0.323 e. The van der Waals surface area contributed by atoms with Crippen molar-refractivity contribution in [2.45, 2.75) is 94.9 Å². The van der Waals surface area contributed by atoms with Crippen molar-refractivity contribution >= 4 is 35.5 Å². The summed E-state index contributed by atoms with van der Waals surface area (Å²) in [5.41, 5.74) is 17.7. The number of unbranched alkanes of at least 4 members (excludes halogenated alkanes) is 1. The Balaban J connectivity index is 1.77. The lowest BCUT2D eigenvalue weighted by Gasteiger charge is -2.38. The number of hydrogen-bond donors (Lipinski definition) is 8. The van der Waals surface area contributed by atoms with Gasteiger partial charge >= 0.3 is 5.97 Å². The van der Waals surface area contributed by atoms with Crippen LogP contribution in [0, 0.1) is 5.92 Å². The molecule has 2 aromatic carbocycles. The summed E-state index contributed by atoms with van der Waals surface area (Å²) in [4.78, 5) is 79.3. The van der Waals surface area contributed by atoms with Gasteiger partial charge in [-0.2, -0.15) is 0 Å². The molecule has 0 aliphatic carbocycles. The quantitative estimate of drug-likeness (QED) is 0.0794. The molecule has 53 heavy (non-hydrogen) atoms. The summed E-state index contributed by atoms with van der Waals surface area (Å²) in [6.45, 7) is 4.48. The van der Waals surface area contributed by atoms with Gasteiger partial charge in [-0.05, 0) is 68.5 Å². The fraction of sp³-hybridized carbons (Fsp3) is 0.526. The van der Waals surface area contributed by atoms with Crippen LogP contribution < -0.4 is 38.5 Å². The summed E-state index contributed by atoms with van der Waals surface area (Å²) in [7, 11) is 0. The first-order valence-corrected chi connectivity index (χ1v) is 18.2. The minimum atomic E-state index is -1.44. The van der Waals surface area contributed by atoms with E-state index in [4.69, 9.17) is 17.2 Å². The van der Waals surface area contributed by atoms with Crippen LogP contribution in [-0.2, 0) is 41.6 Å². The van der Waals surface area contributed by atoms with Crippen LogP contribution >= 0.6 is 0 Å². The molecule has 11 N–H and O–H groups in total. The molecule has 0 radical (unpaired) electrons. The zero-order valence-corrected chi connectivity index (χ0v) is 30.7. The number of rotatable bonds is 21. The average Bonchev–Trinajstić information content (AvgIpc) is 3.12. The average molecular weight is 737 g/mol. The van der Waals surface area contributed by atoms with Gasteiger partial charge in [0.1, 0.15) is 23.7 Å². The second-order valence-electron chi connectivity index (χ2n) is 14.2. The van der Waals surface area contributed by atoms with Crippen molar-refractivity contribution in [2.24, 2.45) is 23.1 Å². The number of benzene rings is 2. The minimum absolute atomic E-state index is 0.0125. The van der Waals surface area contributed by atoms with Crippen molar-refractivity contribution in [1.82, 2.24) is 26.2 Å². The second-order valence-corrected chi connectivity index (χ2v) is 14.2. The van der Waals surface area contributed by atoms with E-state index in [0.717, 1.165) is 11.1 Å². The SMILES string of the molecule is CC(C)CC(NC(=O)C(Cc1ccccc1)NC(=O)C(N)Cc1ccccc1)C(=O)NC(CCCCNCC(N)=O)C(=O)N1CCC(N)(C(=O)O)CC1. The van der Waals surface area contributed by atoms with E-state index in [1.165, 1.54) is 4.90 Å². The van der Waals surface area contributed by atoms with E-state index in [1.807, 2.05) is 74.5 Å². The first-order valence-electron chi connectivity index (χ1n) is 18.2. The van der Waals surface area contributed by atoms with E-state index < -0.39 is 59.3 Å². The monoisotopic (exact) mass is 736 g/mol. The fourth-order valence-corrected chi connectivity index (χ4v) is 6.17. The molecule has 0 aromatic heterocycles. The number of hydrogen-bond acceptors (Lipinski definition) is 9. The van der Waals surface area contributed by atoms with Crippen LogP contribution in [0.5, 0.6) is 0 Å². The normalized spacial score (nSPS) is 16.1. The molecule has 0 bridgehead atoms. The van der Waals surface area contributed by atoms with Crippen molar-refractivity contribution < 1.29 is 33.9 Å². The molecule has 1 saturated heterocycles. The van der Waals surface area contributed by atoms with Crippen molar-refractivity contribution in [3.63, 3.8) is 0 Å². The van der Waals surface area contributed by atoms with Gasteiger partial charge in [0.2, 0.25) is 29.5 Å². The number of carbonyl (C=O) groups is 6. The molecule has 15 nitrogen and oxygen atoms in total. The van der Waals surface area contributed by atoms with Crippen LogP contribution in [0.4, 0.5) is 0 Å². The molecule has 1 aliphatic heterocycles. The Labute approximate surface area is 311 Å². The summed E-state index contributed by atoms with van der Waals surface area (Å²) >= 11 is 0. The van der Waals surface area contributed by atoms with Gasteiger partial charge in [0, 0.05) is 19.5 Å². The molecule has 0 spiro atoms. The number of carbonyl (C=O) groups excluding carboxylic acids is 5. The highest BCUT2D eigenvalue weighted by Crippen LogP contribution is 2.21. The molecule has 1 aliphatic rings. The molecule has 2 aromatic rings. The third kappa shape index (κ3) is 14.2.